The van der Waals surface area contributed by atoms with E-state index in [-0.39, 0.29) is 11.7 Å². The van der Waals surface area contributed by atoms with Gasteiger partial charge in [-0.15, -0.1) is 0 Å². The summed E-state index contributed by atoms with van der Waals surface area (Å²) in [6.07, 6.45) is 2.92. The van der Waals surface area contributed by atoms with E-state index in [4.69, 9.17) is 4.74 Å². The van der Waals surface area contributed by atoms with Crippen LogP contribution < -0.4 is 0 Å². The predicted molar refractivity (Wildman–Crippen MR) is 73.7 cm³/mol. The van der Waals surface area contributed by atoms with Crippen molar-refractivity contribution in [2.45, 2.75) is 33.8 Å². The van der Waals surface area contributed by atoms with Gasteiger partial charge in [-0.25, -0.2) is 9.31 Å². The fraction of sp³-hybridized carbons (Fsp3) is 0.429. The number of nitrogens with zero attached hydrogens (tertiary/aromatic N) is 2. The number of carboxylic acids is 1. The van der Waals surface area contributed by atoms with Crippen molar-refractivity contribution in [1.29, 1.82) is 0 Å². The van der Waals surface area contributed by atoms with E-state index in [9.17, 15) is 9.90 Å². The zero-order chi connectivity index (χ0) is 14.6. The maximum atomic E-state index is 11.2. The zero-order valence-electron chi connectivity index (χ0n) is 12.0. The molecule has 0 saturated heterocycles. The highest BCUT2D eigenvalue weighted by Gasteiger charge is 2.20. The minimum atomic E-state index is -0.988. The van der Waals surface area contributed by atoms with Gasteiger partial charge in [0.05, 0.1) is 23.4 Å². The normalized spacial score (nSPS) is 11.8. The number of hydrogen-bond acceptors (Lipinski definition) is 3. The summed E-state index contributed by atoms with van der Waals surface area (Å²) in [6.45, 7) is 7.76. The van der Waals surface area contributed by atoms with E-state index in [1.165, 1.54) is 6.20 Å². The number of aromatic nitrogens is 2. The number of methoxy groups -OCH3 is 1. The Morgan fingerprint density at radius 3 is 2.63 bits per heavy atom. The number of carbonyl (C=O) groups is 1. The van der Waals surface area contributed by atoms with Gasteiger partial charge in [-0.3, -0.25) is 0 Å². The van der Waals surface area contributed by atoms with Crippen molar-refractivity contribution in [3.05, 3.63) is 35.2 Å². The van der Waals surface area contributed by atoms with E-state index in [0.717, 1.165) is 11.1 Å². The highest BCUT2D eigenvalue weighted by Crippen LogP contribution is 2.26. The van der Waals surface area contributed by atoms with Gasteiger partial charge >= 0.3 is 5.97 Å². The first-order valence-corrected chi connectivity index (χ1v) is 6.28. The third-order valence-electron chi connectivity index (χ3n) is 2.80. The van der Waals surface area contributed by atoms with Crippen LogP contribution in [0.15, 0.2) is 18.5 Å². The predicted octanol–water partition coefficient (Wildman–Crippen LogP) is 3.07. The van der Waals surface area contributed by atoms with E-state index in [2.05, 4.69) is 5.10 Å². The Balaban J connectivity index is 0.000000861. The van der Waals surface area contributed by atoms with Gasteiger partial charge < -0.3 is 9.84 Å². The van der Waals surface area contributed by atoms with Crippen LogP contribution in [0.5, 0.6) is 0 Å². The summed E-state index contributed by atoms with van der Waals surface area (Å²) in [5, 5.41) is 13.3. The third-order valence-corrected chi connectivity index (χ3v) is 2.80. The molecule has 0 aromatic carbocycles. The van der Waals surface area contributed by atoms with Crippen molar-refractivity contribution in [2.75, 3.05) is 7.11 Å². The molecule has 0 aliphatic heterocycles. The Morgan fingerprint density at radius 1 is 1.47 bits per heavy atom. The smallest absolute Gasteiger partial charge is 0.337 e. The van der Waals surface area contributed by atoms with Gasteiger partial charge in [0.15, 0.2) is 0 Å². The van der Waals surface area contributed by atoms with Crippen LogP contribution in [0.1, 0.15) is 48.4 Å². The van der Waals surface area contributed by atoms with E-state index in [1.54, 1.807) is 11.6 Å². The molecule has 1 unspecified atom stereocenters. The second-order valence-electron chi connectivity index (χ2n) is 4.00. The van der Waals surface area contributed by atoms with Crippen molar-refractivity contribution >= 4 is 11.5 Å². The number of carboxylic acid groups (broad SMARTS) is 1. The van der Waals surface area contributed by atoms with Crippen LogP contribution in [-0.4, -0.2) is 27.8 Å². The van der Waals surface area contributed by atoms with Crippen LogP contribution in [-0.2, 0) is 4.74 Å². The van der Waals surface area contributed by atoms with Gasteiger partial charge in [-0.05, 0) is 25.5 Å². The minimum Gasteiger partial charge on any atom is -0.478 e. The topological polar surface area (TPSA) is 63.8 Å². The summed E-state index contributed by atoms with van der Waals surface area (Å²) in [7, 11) is 1.56. The SMILES string of the molecule is CC.COC(C)c1c(C(=O)O)cnn2cc(C)cc12. The Bertz CT molecular complexity index is 575. The molecule has 0 spiro atoms. The Labute approximate surface area is 112 Å². The van der Waals surface area contributed by atoms with Crippen LogP contribution in [0.25, 0.3) is 5.52 Å². The lowest BCUT2D eigenvalue weighted by Gasteiger charge is -2.14. The van der Waals surface area contributed by atoms with Gasteiger partial charge in [-0.1, -0.05) is 13.8 Å². The summed E-state index contributed by atoms with van der Waals surface area (Å²) >= 11 is 0. The number of rotatable bonds is 3. The van der Waals surface area contributed by atoms with E-state index in [0.29, 0.717) is 5.56 Å². The molecule has 5 nitrogen and oxygen atoms in total. The number of aromatic carboxylic acids is 1. The minimum absolute atomic E-state index is 0.185. The average Bonchev–Trinajstić information content (AvgIpc) is 2.78. The molecular weight excluding hydrogens is 244 g/mol. The van der Waals surface area contributed by atoms with Gasteiger partial charge in [0, 0.05) is 18.9 Å². The van der Waals surface area contributed by atoms with Crippen molar-refractivity contribution in [3.8, 4) is 0 Å². The summed E-state index contributed by atoms with van der Waals surface area (Å²) in [4.78, 5) is 11.2. The summed E-state index contributed by atoms with van der Waals surface area (Å²) in [5.74, 6) is -0.988. The second-order valence-corrected chi connectivity index (χ2v) is 4.00. The fourth-order valence-electron chi connectivity index (χ4n) is 1.92. The lowest BCUT2D eigenvalue weighted by atomic mass is 10.0. The molecule has 0 bridgehead atoms. The van der Waals surface area contributed by atoms with Crippen molar-refractivity contribution in [3.63, 3.8) is 0 Å². The largest absolute Gasteiger partial charge is 0.478 e. The maximum Gasteiger partial charge on any atom is 0.337 e. The first kappa shape index (κ1) is 15.2. The van der Waals surface area contributed by atoms with Crippen LogP contribution in [0, 0.1) is 6.92 Å². The van der Waals surface area contributed by atoms with Gasteiger partial charge in [0.25, 0.3) is 0 Å². The number of hydrogen-bond donors (Lipinski definition) is 1. The number of ether oxygens (including phenoxy) is 1. The molecule has 0 radical (unpaired) electrons. The van der Waals surface area contributed by atoms with Gasteiger partial charge in [0.2, 0.25) is 0 Å². The van der Waals surface area contributed by atoms with E-state index >= 15 is 0 Å². The zero-order valence-corrected chi connectivity index (χ0v) is 12.0. The molecule has 0 amide bonds. The van der Waals surface area contributed by atoms with Crippen LogP contribution in [0.4, 0.5) is 0 Å². The average molecular weight is 264 g/mol. The standard InChI is InChI=1S/C12H14N2O3.C2H6/c1-7-4-10-11(8(2)17-3)9(12(15)16)5-13-14(10)6-7;1-2/h4-6,8H,1-3H3,(H,15,16);1-2H3. The first-order valence-electron chi connectivity index (χ1n) is 6.28. The Kier molecular flexibility index (Phi) is 5.06. The molecule has 19 heavy (non-hydrogen) atoms. The Morgan fingerprint density at radius 2 is 2.11 bits per heavy atom. The molecule has 104 valence electrons. The monoisotopic (exact) mass is 264 g/mol. The lowest BCUT2D eigenvalue weighted by molar-refractivity contribution is 0.0683. The molecule has 1 atom stereocenters. The van der Waals surface area contributed by atoms with Crippen LogP contribution in [0.3, 0.4) is 0 Å². The molecular formula is C14H20N2O3. The molecule has 2 heterocycles. The van der Waals surface area contributed by atoms with E-state index in [1.807, 2.05) is 40.0 Å². The fourth-order valence-corrected chi connectivity index (χ4v) is 1.92. The van der Waals surface area contributed by atoms with Crippen molar-refractivity contribution < 1.29 is 14.6 Å². The lowest BCUT2D eigenvalue weighted by Crippen LogP contribution is -2.10. The van der Waals surface area contributed by atoms with Crippen molar-refractivity contribution in [2.24, 2.45) is 0 Å². The molecule has 5 heteroatoms. The molecule has 0 aliphatic carbocycles. The maximum absolute atomic E-state index is 11.2. The summed E-state index contributed by atoms with van der Waals surface area (Å²) in [5.41, 5.74) is 2.65. The molecule has 0 saturated carbocycles. The van der Waals surface area contributed by atoms with Crippen LogP contribution >= 0.6 is 0 Å². The number of fused-ring (bicyclic) bond motifs is 1. The summed E-state index contributed by atoms with van der Waals surface area (Å²) < 4.78 is 6.91. The van der Waals surface area contributed by atoms with Crippen LogP contribution in [0.2, 0.25) is 0 Å². The molecule has 2 aromatic rings. The Hall–Kier alpha value is -1.88. The first-order chi connectivity index (χ1) is 9.04. The highest BCUT2D eigenvalue weighted by molar-refractivity contribution is 5.91. The molecule has 2 aromatic heterocycles. The molecule has 0 fully saturated rings. The third kappa shape index (κ3) is 2.93. The van der Waals surface area contributed by atoms with Crippen molar-refractivity contribution in [1.82, 2.24) is 9.61 Å². The molecule has 2 rings (SSSR count). The summed E-state index contributed by atoms with van der Waals surface area (Å²) in [6, 6.07) is 1.91. The highest BCUT2D eigenvalue weighted by atomic mass is 16.5. The quantitative estimate of drug-likeness (QED) is 0.925. The van der Waals surface area contributed by atoms with Gasteiger partial charge in [-0.2, -0.15) is 5.10 Å². The number of aryl methyl sites for hydroxylation is 1. The second kappa shape index (κ2) is 6.33. The molecule has 0 aliphatic rings. The van der Waals surface area contributed by atoms with E-state index < -0.39 is 5.97 Å². The molecule has 1 N–H and O–H groups in total. The van der Waals surface area contributed by atoms with Gasteiger partial charge in [0.1, 0.15) is 0 Å².